The van der Waals surface area contributed by atoms with Crippen LogP contribution in [-0.2, 0) is 0 Å². The monoisotopic (exact) mass is 689 g/mol. The first kappa shape index (κ1) is 31.6. The predicted octanol–water partition coefficient (Wildman–Crippen LogP) is 14.9. The summed E-state index contributed by atoms with van der Waals surface area (Å²) in [5, 5.41) is 5.88. The zero-order valence-corrected chi connectivity index (χ0v) is 29.6. The van der Waals surface area contributed by atoms with E-state index >= 15 is 0 Å². The molecule has 0 aliphatic rings. The molecule has 1 heterocycles. The number of hydrogen-bond donors (Lipinski definition) is 0. The van der Waals surface area contributed by atoms with Crippen molar-refractivity contribution in [2.24, 2.45) is 0 Å². The summed E-state index contributed by atoms with van der Waals surface area (Å²) < 4.78 is 6.94. The highest BCUT2D eigenvalue weighted by atomic mass is 16.3. The number of rotatable bonds is 7. The van der Waals surface area contributed by atoms with Gasteiger partial charge in [0.05, 0.1) is 0 Å². The van der Waals surface area contributed by atoms with Crippen molar-refractivity contribution in [2.75, 3.05) is 4.90 Å². The summed E-state index contributed by atoms with van der Waals surface area (Å²) in [7, 11) is 0. The van der Waals surface area contributed by atoms with Crippen molar-refractivity contribution in [3.63, 3.8) is 0 Å². The van der Waals surface area contributed by atoms with Crippen LogP contribution in [0.2, 0.25) is 0 Å². The summed E-state index contributed by atoms with van der Waals surface area (Å²) in [5.41, 5.74) is 12.3. The zero-order valence-electron chi connectivity index (χ0n) is 29.6. The normalized spacial score (nSPS) is 11.3. The van der Waals surface area contributed by atoms with Crippen LogP contribution < -0.4 is 4.90 Å². The van der Waals surface area contributed by atoms with Gasteiger partial charge >= 0.3 is 0 Å². The standard InChI is InChI=1S/C52H35NO/c1-4-14-36(15-5-1)37-24-26-38(27-25-37)39-28-32-43(33-29-39)53(42-18-8-3-9-19-42)44-34-30-40(31-35-44)49-50-47-22-12-10-20-45(47)46-21-11-13-23-48(46)52(50)54-51(49)41-16-6-2-7-17-41/h1-35H. The van der Waals surface area contributed by atoms with Gasteiger partial charge in [-0.05, 0) is 80.4 Å². The van der Waals surface area contributed by atoms with E-state index in [0.29, 0.717) is 0 Å². The van der Waals surface area contributed by atoms with E-state index in [0.717, 1.165) is 55.9 Å². The third-order valence-electron chi connectivity index (χ3n) is 10.5. The number of nitrogens with zero attached hydrogens (tertiary/aromatic N) is 1. The molecule has 0 amide bonds. The fourth-order valence-corrected chi connectivity index (χ4v) is 7.89. The number of benzene rings is 9. The van der Waals surface area contributed by atoms with Crippen molar-refractivity contribution in [3.8, 4) is 44.7 Å². The van der Waals surface area contributed by atoms with Crippen LogP contribution in [0.5, 0.6) is 0 Å². The third-order valence-corrected chi connectivity index (χ3v) is 10.5. The molecule has 0 spiro atoms. The topological polar surface area (TPSA) is 16.4 Å². The van der Waals surface area contributed by atoms with Crippen molar-refractivity contribution in [3.05, 3.63) is 212 Å². The lowest BCUT2D eigenvalue weighted by Gasteiger charge is -2.26. The molecule has 54 heavy (non-hydrogen) atoms. The van der Waals surface area contributed by atoms with Crippen molar-refractivity contribution in [1.29, 1.82) is 0 Å². The Morgan fingerprint density at radius 3 is 1.20 bits per heavy atom. The first-order chi connectivity index (χ1) is 26.8. The van der Waals surface area contributed by atoms with Crippen LogP contribution in [0.25, 0.3) is 77.2 Å². The molecule has 0 fully saturated rings. The second kappa shape index (κ2) is 13.4. The van der Waals surface area contributed by atoms with Gasteiger partial charge < -0.3 is 9.32 Å². The van der Waals surface area contributed by atoms with Crippen LogP contribution in [0.15, 0.2) is 217 Å². The second-order valence-corrected chi connectivity index (χ2v) is 13.7. The Kier molecular flexibility index (Phi) is 7.85. The van der Waals surface area contributed by atoms with Crippen molar-refractivity contribution in [2.45, 2.75) is 0 Å². The summed E-state index contributed by atoms with van der Waals surface area (Å²) in [4.78, 5) is 2.32. The maximum Gasteiger partial charge on any atom is 0.143 e. The summed E-state index contributed by atoms with van der Waals surface area (Å²) in [6.07, 6.45) is 0. The van der Waals surface area contributed by atoms with Crippen LogP contribution in [0.3, 0.4) is 0 Å². The number of hydrogen-bond acceptors (Lipinski definition) is 2. The van der Waals surface area contributed by atoms with E-state index in [1.807, 2.05) is 0 Å². The highest BCUT2D eigenvalue weighted by molar-refractivity contribution is 6.28. The van der Waals surface area contributed by atoms with E-state index in [9.17, 15) is 0 Å². The smallest absolute Gasteiger partial charge is 0.143 e. The molecule has 1 aromatic heterocycles. The van der Waals surface area contributed by atoms with E-state index in [4.69, 9.17) is 4.42 Å². The van der Waals surface area contributed by atoms with Crippen LogP contribution in [0, 0.1) is 0 Å². The van der Waals surface area contributed by atoms with E-state index in [-0.39, 0.29) is 0 Å². The first-order valence-corrected chi connectivity index (χ1v) is 18.4. The Balaban J connectivity index is 1.08. The van der Waals surface area contributed by atoms with Gasteiger partial charge in [0.2, 0.25) is 0 Å². The van der Waals surface area contributed by atoms with Crippen LogP contribution >= 0.6 is 0 Å². The minimum atomic E-state index is 0.882. The van der Waals surface area contributed by atoms with Gasteiger partial charge in [-0.2, -0.15) is 0 Å². The molecule has 0 aliphatic carbocycles. The Labute approximate surface area is 314 Å². The Bertz CT molecular complexity index is 2880. The Morgan fingerprint density at radius 1 is 0.278 bits per heavy atom. The highest BCUT2D eigenvalue weighted by Crippen LogP contribution is 2.48. The number of furan rings is 1. The van der Waals surface area contributed by atoms with Gasteiger partial charge in [0, 0.05) is 39.0 Å². The minimum Gasteiger partial charge on any atom is -0.455 e. The van der Waals surface area contributed by atoms with Crippen LogP contribution in [-0.4, -0.2) is 0 Å². The number of anilines is 3. The first-order valence-electron chi connectivity index (χ1n) is 18.4. The van der Waals surface area contributed by atoms with Gasteiger partial charge in [-0.1, -0.05) is 176 Å². The summed E-state index contributed by atoms with van der Waals surface area (Å²) in [5.74, 6) is 0.882. The minimum absolute atomic E-state index is 0.882. The van der Waals surface area contributed by atoms with Crippen LogP contribution in [0.4, 0.5) is 17.1 Å². The van der Waals surface area contributed by atoms with E-state index in [1.165, 1.54) is 38.4 Å². The Hall–Kier alpha value is -7.16. The van der Waals surface area contributed by atoms with E-state index < -0.39 is 0 Å². The fraction of sp³-hybridized carbons (Fsp3) is 0. The van der Waals surface area contributed by atoms with E-state index in [2.05, 4.69) is 217 Å². The average Bonchev–Trinajstić information content (AvgIpc) is 3.67. The third kappa shape index (κ3) is 5.53. The number of fused-ring (bicyclic) bond motifs is 6. The molecule has 0 N–H and O–H groups in total. The molecular formula is C52H35NO. The molecule has 2 nitrogen and oxygen atoms in total. The molecule has 10 rings (SSSR count). The van der Waals surface area contributed by atoms with Crippen molar-refractivity contribution < 1.29 is 4.42 Å². The van der Waals surface area contributed by atoms with Gasteiger partial charge in [-0.15, -0.1) is 0 Å². The second-order valence-electron chi connectivity index (χ2n) is 13.7. The molecular weight excluding hydrogens is 655 g/mol. The molecule has 0 atom stereocenters. The van der Waals surface area contributed by atoms with Crippen molar-refractivity contribution >= 4 is 49.6 Å². The summed E-state index contributed by atoms with van der Waals surface area (Å²) in [6, 6.07) is 75.5. The molecule has 2 heteroatoms. The van der Waals surface area contributed by atoms with Crippen LogP contribution in [0.1, 0.15) is 0 Å². The summed E-state index contributed by atoms with van der Waals surface area (Å²) >= 11 is 0. The average molecular weight is 690 g/mol. The van der Waals surface area contributed by atoms with Gasteiger partial charge in [0.1, 0.15) is 11.3 Å². The SMILES string of the molecule is c1ccc(-c2ccc(-c3ccc(N(c4ccccc4)c4ccc(-c5c(-c6ccccc6)oc6c7ccccc7c7ccccc7c56)cc4)cc3)cc2)cc1. The lowest BCUT2D eigenvalue weighted by Crippen LogP contribution is -2.09. The van der Waals surface area contributed by atoms with Gasteiger partial charge in [-0.3, -0.25) is 0 Å². The lowest BCUT2D eigenvalue weighted by atomic mass is 9.92. The number of para-hydroxylation sites is 1. The maximum absolute atomic E-state index is 6.94. The molecule has 10 aromatic rings. The molecule has 0 bridgehead atoms. The molecule has 0 saturated carbocycles. The molecule has 0 unspecified atom stereocenters. The Morgan fingerprint density at radius 2 is 0.648 bits per heavy atom. The fourth-order valence-electron chi connectivity index (χ4n) is 7.89. The molecule has 0 radical (unpaired) electrons. The molecule has 9 aromatic carbocycles. The van der Waals surface area contributed by atoms with E-state index in [1.54, 1.807) is 0 Å². The highest BCUT2D eigenvalue weighted by Gasteiger charge is 2.23. The largest absolute Gasteiger partial charge is 0.455 e. The zero-order chi connectivity index (χ0) is 35.8. The lowest BCUT2D eigenvalue weighted by molar-refractivity contribution is 0.636. The van der Waals surface area contributed by atoms with Gasteiger partial charge in [0.25, 0.3) is 0 Å². The molecule has 254 valence electrons. The summed E-state index contributed by atoms with van der Waals surface area (Å²) in [6.45, 7) is 0. The maximum atomic E-state index is 6.94. The van der Waals surface area contributed by atoms with Gasteiger partial charge in [-0.25, -0.2) is 0 Å². The predicted molar refractivity (Wildman–Crippen MR) is 228 cm³/mol. The van der Waals surface area contributed by atoms with Crippen molar-refractivity contribution in [1.82, 2.24) is 0 Å². The molecule has 0 saturated heterocycles. The molecule has 0 aliphatic heterocycles. The van der Waals surface area contributed by atoms with Gasteiger partial charge in [0.15, 0.2) is 0 Å². The quantitative estimate of drug-likeness (QED) is 0.155.